The van der Waals surface area contributed by atoms with Crippen LogP contribution in [0.4, 0.5) is 0 Å². The monoisotopic (exact) mass is 271 g/mol. The molecular formula is C13H25N3O3. The maximum Gasteiger partial charge on any atom is 0.224 e. The van der Waals surface area contributed by atoms with E-state index in [-0.39, 0.29) is 17.7 Å². The predicted octanol–water partition coefficient (Wildman–Crippen LogP) is -0.273. The van der Waals surface area contributed by atoms with Crippen molar-refractivity contribution < 1.29 is 14.3 Å². The van der Waals surface area contributed by atoms with Gasteiger partial charge in [-0.25, -0.2) is 0 Å². The second-order valence-electron chi connectivity index (χ2n) is 4.81. The fourth-order valence-corrected chi connectivity index (χ4v) is 2.01. The molecule has 0 spiro atoms. The standard InChI is InChI=1S/C13H25N3O3/c1-2-11(10-14)9-12(17)15-4-3-13(18)16-5-7-19-8-6-16/h11H,2-10,14H2,1H3,(H,15,17). The third-order valence-electron chi connectivity index (χ3n) is 3.41. The highest BCUT2D eigenvalue weighted by Gasteiger charge is 2.16. The van der Waals surface area contributed by atoms with Crippen LogP contribution in [0.3, 0.4) is 0 Å². The summed E-state index contributed by atoms with van der Waals surface area (Å²) in [6.45, 7) is 5.45. The molecule has 1 rings (SSSR count). The van der Waals surface area contributed by atoms with Crippen molar-refractivity contribution in [1.82, 2.24) is 10.2 Å². The summed E-state index contributed by atoms with van der Waals surface area (Å²) in [5, 5.41) is 2.78. The number of nitrogens with two attached hydrogens (primary N) is 1. The van der Waals surface area contributed by atoms with E-state index in [0.29, 0.717) is 52.2 Å². The van der Waals surface area contributed by atoms with Gasteiger partial charge in [-0.3, -0.25) is 9.59 Å². The zero-order chi connectivity index (χ0) is 14.1. The van der Waals surface area contributed by atoms with Crippen molar-refractivity contribution in [3.05, 3.63) is 0 Å². The van der Waals surface area contributed by atoms with E-state index in [9.17, 15) is 9.59 Å². The second kappa shape index (κ2) is 8.87. The summed E-state index contributed by atoms with van der Waals surface area (Å²) in [6, 6.07) is 0. The fourth-order valence-electron chi connectivity index (χ4n) is 2.01. The summed E-state index contributed by atoms with van der Waals surface area (Å²) in [4.78, 5) is 25.2. The maximum absolute atomic E-state index is 11.8. The minimum absolute atomic E-state index is 0.0212. The van der Waals surface area contributed by atoms with Crippen LogP contribution in [-0.4, -0.2) is 56.1 Å². The lowest BCUT2D eigenvalue weighted by atomic mass is 10.0. The SMILES string of the molecule is CCC(CN)CC(=O)NCCC(=O)N1CCOCC1. The van der Waals surface area contributed by atoms with Gasteiger partial charge in [-0.2, -0.15) is 0 Å². The molecule has 6 heteroatoms. The molecule has 19 heavy (non-hydrogen) atoms. The smallest absolute Gasteiger partial charge is 0.224 e. The molecule has 1 saturated heterocycles. The molecule has 1 unspecified atom stereocenters. The van der Waals surface area contributed by atoms with Crippen LogP contribution in [-0.2, 0) is 14.3 Å². The largest absolute Gasteiger partial charge is 0.378 e. The third-order valence-corrected chi connectivity index (χ3v) is 3.41. The van der Waals surface area contributed by atoms with Crippen molar-refractivity contribution >= 4 is 11.8 Å². The summed E-state index contributed by atoms with van der Waals surface area (Å²) >= 11 is 0. The highest BCUT2D eigenvalue weighted by atomic mass is 16.5. The van der Waals surface area contributed by atoms with E-state index in [1.54, 1.807) is 4.90 Å². The molecule has 1 aliphatic heterocycles. The Labute approximate surface area is 114 Å². The Kier molecular flexibility index (Phi) is 7.43. The van der Waals surface area contributed by atoms with Crippen LogP contribution in [0.1, 0.15) is 26.2 Å². The molecule has 0 saturated carbocycles. The average Bonchev–Trinajstić information content (AvgIpc) is 2.45. The summed E-state index contributed by atoms with van der Waals surface area (Å²) in [5.41, 5.74) is 5.55. The molecule has 0 aliphatic carbocycles. The first-order chi connectivity index (χ1) is 9.17. The number of amides is 2. The molecule has 110 valence electrons. The van der Waals surface area contributed by atoms with Gasteiger partial charge in [0.15, 0.2) is 0 Å². The Morgan fingerprint density at radius 2 is 2.05 bits per heavy atom. The predicted molar refractivity (Wildman–Crippen MR) is 72.5 cm³/mol. The van der Waals surface area contributed by atoms with Crippen LogP contribution >= 0.6 is 0 Å². The minimum atomic E-state index is -0.0212. The molecule has 0 aromatic carbocycles. The van der Waals surface area contributed by atoms with Crippen molar-refractivity contribution in [3.63, 3.8) is 0 Å². The lowest BCUT2D eigenvalue weighted by molar-refractivity contribution is -0.135. The number of morpholine rings is 1. The number of ether oxygens (including phenoxy) is 1. The molecule has 1 atom stereocenters. The van der Waals surface area contributed by atoms with Gasteiger partial charge < -0.3 is 20.7 Å². The van der Waals surface area contributed by atoms with Crippen LogP contribution in [0.5, 0.6) is 0 Å². The molecule has 0 aromatic rings. The van der Waals surface area contributed by atoms with E-state index in [1.807, 2.05) is 6.92 Å². The quantitative estimate of drug-likeness (QED) is 0.667. The van der Waals surface area contributed by atoms with E-state index in [0.717, 1.165) is 6.42 Å². The molecule has 1 aliphatic rings. The Balaban J connectivity index is 2.15. The zero-order valence-corrected chi connectivity index (χ0v) is 11.7. The Hall–Kier alpha value is -1.14. The van der Waals surface area contributed by atoms with Crippen LogP contribution in [0.2, 0.25) is 0 Å². The first kappa shape index (κ1) is 15.9. The van der Waals surface area contributed by atoms with Crippen LogP contribution in [0, 0.1) is 5.92 Å². The molecule has 0 bridgehead atoms. The number of hydrogen-bond acceptors (Lipinski definition) is 4. The minimum Gasteiger partial charge on any atom is -0.378 e. The number of nitrogens with zero attached hydrogens (tertiary/aromatic N) is 1. The summed E-state index contributed by atoms with van der Waals surface area (Å²) in [6.07, 6.45) is 1.69. The van der Waals surface area contributed by atoms with Gasteiger partial charge in [-0.05, 0) is 12.5 Å². The van der Waals surface area contributed by atoms with Gasteiger partial charge in [-0.1, -0.05) is 13.3 Å². The number of carbonyl (C=O) groups is 2. The second-order valence-corrected chi connectivity index (χ2v) is 4.81. The van der Waals surface area contributed by atoms with E-state index in [4.69, 9.17) is 10.5 Å². The molecule has 0 aromatic heterocycles. The van der Waals surface area contributed by atoms with Gasteiger partial charge >= 0.3 is 0 Å². The normalized spacial score (nSPS) is 17.1. The van der Waals surface area contributed by atoms with Gasteiger partial charge in [0.1, 0.15) is 0 Å². The lowest BCUT2D eigenvalue weighted by Gasteiger charge is -2.26. The fraction of sp³-hybridized carbons (Fsp3) is 0.846. The summed E-state index contributed by atoms with van der Waals surface area (Å²) in [7, 11) is 0. The molecule has 6 nitrogen and oxygen atoms in total. The van der Waals surface area contributed by atoms with Crippen LogP contribution in [0.25, 0.3) is 0 Å². The van der Waals surface area contributed by atoms with Crippen LogP contribution < -0.4 is 11.1 Å². The number of rotatable bonds is 7. The summed E-state index contributed by atoms with van der Waals surface area (Å²) < 4.78 is 5.19. The van der Waals surface area contributed by atoms with Crippen molar-refractivity contribution in [2.24, 2.45) is 11.7 Å². The first-order valence-electron chi connectivity index (χ1n) is 6.99. The highest BCUT2D eigenvalue weighted by molar-refractivity contribution is 5.79. The van der Waals surface area contributed by atoms with E-state index >= 15 is 0 Å². The molecular weight excluding hydrogens is 246 g/mol. The number of carbonyl (C=O) groups excluding carboxylic acids is 2. The summed E-state index contributed by atoms with van der Waals surface area (Å²) in [5.74, 6) is 0.288. The Morgan fingerprint density at radius 1 is 1.37 bits per heavy atom. The molecule has 1 heterocycles. The zero-order valence-electron chi connectivity index (χ0n) is 11.7. The molecule has 0 radical (unpaired) electrons. The van der Waals surface area contributed by atoms with Gasteiger partial charge in [0, 0.05) is 32.5 Å². The third kappa shape index (κ3) is 6.02. The van der Waals surface area contributed by atoms with Gasteiger partial charge in [0.25, 0.3) is 0 Å². The van der Waals surface area contributed by atoms with E-state index in [2.05, 4.69) is 5.32 Å². The van der Waals surface area contributed by atoms with Crippen molar-refractivity contribution in [1.29, 1.82) is 0 Å². The number of nitrogens with one attached hydrogen (secondary N) is 1. The Bertz CT molecular complexity index is 287. The van der Waals surface area contributed by atoms with Gasteiger partial charge in [0.2, 0.25) is 11.8 Å². The number of hydrogen-bond donors (Lipinski definition) is 2. The highest BCUT2D eigenvalue weighted by Crippen LogP contribution is 2.05. The maximum atomic E-state index is 11.8. The van der Waals surface area contributed by atoms with Crippen molar-refractivity contribution in [3.8, 4) is 0 Å². The van der Waals surface area contributed by atoms with E-state index in [1.165, 1.54) is 0 Å². The lowest BCUT2D eigenvalue weighted by Crippen LogP contribution is -2.42. The van der Waals surface area contributed by atoms with Gasteiger partial charge in [0.05, 0.1) is 13.2 Å². The first-order valence-corrected chi connectivity index (χ1v) is 6.99. The topological polar surface area (TPSA) is 84.7 Å². The van der Waals surface area contributed by atoms with Crippen LogP contribution in [0.15, 0.2) is 0 Å². The molecule has 1 fully saturated rings. The Morgan fingerprint density at radius 3 is 2.63 bits per heavy atom. The van der Waals surface area contributed by atoms with Gasteiger partial charge in [-0.15, -0.1) is 0 Å². The van der Waals surface area contributed by atoms with Crippen molar-refractivity contribution in [2.45, 2.75) is 26.2 Å². The average molecular weight is 271 g/mol. The molecule has 3 N–H and O–H groups in total. The molecule has 2 amide bonds. The van der Waals surface area contributed by atoms with Crippen molar-refractivity contribution in [2.75, 3.05) is 39.4 Å². The van der Waals surface area contributed by atoms with E-state index < -0.39 is 0 Å².